The summed E-state index contributed by atoms with van der Waals surface area (Å²) < 4.78 is 46.4. The molecule has 0 aliphatic carbocycles. The number of halogens is 3. The number of carbonyl (C=O) groups is 1. The zero-order chi connectivity index (χ0) is 22.0. The van der Waals surface area contributed by atoms with Crippen molar-refractivity contribution in [3.63, 3.8) is 0 Å². The van der Waals surface area contributed by atoms with Crippen LogP contribution in [0.15, 0.2) is 60.6 Å². The fourth-order valence-corrected chi connectivity index (χ4v) is 3.66. The van der Waals surface area contributed by atoms with Gasteiger partial charge in [0, 0.05) is 18.7 Å². The molecule has 1 saturated heterocycles. The molecule has 4 rings (SSSR count). The van der Waals surface area contributed by atoms with Gasteiger partial charge in [0.1, 0.15) is 17.8 Å². The number of anilines is 2. The molecule has 1 amide bonds. The highest BCUT2D eigenvalue weighted by molar-refractivity contribution is 6.03. The van der Waals surface area contributed by atoms with E-state index in [2.05, 4.69) is 10.3 Å². The van der Waals surface area contributed by atoms with Crippen LogP contribution in [0, 0.1) is 0 Å². The molecule has 2 aliphatic heterocycles. The lowest BCUT2D eigenvalue weighted by Gasteiger charge is -2.31. The van der Waals surface area contributed by atoms with E-state index in [1.807, 2.05) is 4.90 Å². The zero-order valence-electron chi connectivity index (χ0n) is 16.4. The van der Waals surface area contributed by atoms with Crippen LogP contribution >= 0.6 is 0 Å². The fraction of sp³-hybridized carbons (Fsp3) is 0.333. The number of aliphatic hydroxyl groups excluding tert-OH is 1. The third-order valence-electron chi connectivity index (χ3n) is 5.12. The molecule has 31 heavy (non-hydrogen) atoms. The number of ether oxygens (including phenoxy) is 1. The van der Waals surface area contributed by atoms with Crippen LogP contribution in [0.3, 0.4) is 0 Å². The van der Waals surface area contributed by atoms with Crippen LogP contribution in [0.4, 0.5) is 24.7 Å². The average Bonchev–Trinajstić information content (AvgIpc) is 3.21. The van der Waals surface area contributed by atoms with Crippen molar-refractivity contribution in [3.05, 3.63) is 66.2 Å². The Kier molecular flexibility index (Phi) is 5.73. The largest absolute Gasteiger partial charge is 0.488 e. The Morgan fingerprint density at radius 3 is 2.61 bits per heavy atom. The van der Waals surface area contributed by atoms with E-state index in [-0.39, 0.29) is 16.2 Å². The lowest BCUT2D eigenvalue weighted by molar-refractivity contribution is -0.261. The maximum absolute atomic E-state index is 13.7. The van der Waals surface area contributed by atoms with Crippen LogP contribution in [0.1, 0.15) is 24.6 Å². The van der Waals surface area contributed by atoms with Gasteiger partial charge in [-0.2, -0.15) is 0 Å². The number of benzene rings is 1. The van der Waals surface area contributed by atoms with E-state index in [9.17, 15) is 23.1 Å². The minimum absolute atomic E-state index is 0.00537. The van der Waals surface area contributed by atoms with E-state index in [0.29, 0.717) is 12.4 Å². The summed E-state index contributed by atoms with van der Waals surface area (Å²) in [5, 5.41) is 12.2. The van der Waals surface area contributed by atoms with Crippen molar-refractivity contribution in [2.45, 2.75) is 31.5 Å². The molecular formula is C21H21F3N4O3. The minimum Gasteiger partial charge on any atom is -0.471 e. The van der Waals surface area contributed by atoms with Crippen LogP contribution < -0.4 is 10.2 Å². The maximum Gasteiger partial charge on any atom is 0.488 e. The number of aromatic nitrogens is 1. The van der Waals surface area contributed by atoms with Gasteiger partial charge in [-0.15, -0.1) is 13.2 Å². The molecule has 1 fully saturated rings. The first-order chi connectivity index (χ1) is 14.8. The molecule has 1 aromatic heterocycles. The van der Waals surface area contributed by atoms with Crippen LogP contribution in [-0.4, -0.2) is 46.4 Å². The van der Waals surface area contributed by atoms with Gasteiger partial charge in [-0.3, -0.25) is 4.79 Å². The SMILES string of the molecule is O=C(Nc1ccc(N2CCCC(O)C2)nc1)C1=COC(c2ccccc2)N1C(F)(F)F. The number of nitrogens with zero attached hydrogens (tertiary/aromatic N) is 3. The van der Waals surface area contributed by atoms with Crippen LogP contribution in [0.25, 0.3) is 0 Å². The molecule has 1 aromatic carbocycles. The molecule has 7 nitrogen and oxygen atoms in total. The van der Waals surface area contributed by atoms with Gasteiger partial charge in [0.05, 0.1) is 18.0 Å². The van der Waals surface area contributed by atoms with Gasteiger partial charge in [-0.1, -0.05) is 30.3 Å². The molecule has 2 unspecified atom stereocenters. The maximum atomic E-state index is 13.7. The monoisotopic (exact) mass is 434 g/mol. The summed E-state index contributed by atoms with van der Waals surface area (Å²) in [5.41, 5.74) is -0.129. The van der Waals surface area contributed by atoms with Gasteiger partial charge < -0.3 is 20.1 Å². The fourth-order valence-electron chi connectivity index (χ4n) is 3.66. The second-order valence-electron chi connectivity index (χ2n) is 7.34. The van der Waals surface area contributed by atoms with Crippen molar-refractivity contribution in [1.82, 2.24) is 9.88 Å². The van der Waals surface area contributed by atoms with Crippen LogP contribution in [-0.2, 0) is 9.53 Å². The molecule has 0 saturated carbocycles. The Bertz CT molecular complexity index is 951. The van der Waals surface area contributed by atoms with E-state index in [1.165, 1.54) is 18.3 Å². The summed E-state index contributed by atoms with van der Waals surface area (Å²) in [6.45, 7) is 1.21. The van der Waals surface area contributed by atoms with E-state index in [4.69, 9.17) is 4.74 Å². The summed E-state index contributed by atoms with van der Waals surface area (Å²) in [4.78, 5) is 18.8. The van der Waals surface area contributed by atoms with Gasteiger partial charge in [0.2, 0.25) is 6.23 Å². The summed E-state index contributed by atoms with van der Waals surface area (Å²) in [6, 6.07) is 11.1. The predicted molar refractivity (Wildman–Crippen MR) is 107 cm³/mol. The number of hydrogen-bond acceptors (Lipinski definition) is 6. The Morgan fingerprint density at radius 2 is 1.97 bits per heavy atom. The van der Waals surface area contributed by atoms with Crippen molar-refractivity contribution in [1.29, 1.82) is 0 Å². The summed E-state index contributed by atoms with van der Waals surface area (Å²) in [7, 11) is 0. The van der Waals surface area contributed by atoms with Gasteiger partial charge in [0.25, 0.3) is 5.91 Å². The van der Waals surface area contributed by atoms with Gasteiger partial charge in [-0.05, 0) is 25.0 Å². The highest BCUT2D eigenvalue weighted by Crippen LogP contribution is 2.41. The van der Waals surface area contributed by atoms with Crippen molar-refractivity contribution in [3.8, 4) is 0 Å². The first-order valence-corrected chi connectivity index (χ1v) is 9.80. The number of rotatable bonds is 4. The molecule has 0 bridgehead atoms. The molecule has 2 N–H and O–H groups in total. The molecule has 164 valence electrons. The lowest BCUT2D eigenvalue weighted by atomic mass is 10.1. The number of piperidine rings is 1. The first kappa shape index (κ1) is 21.0. The second-order valence-corrected chi connectivity index (χ2v) is 7.34. The van der Waals surface area contributed by atoms with Gasteiger partial charge in [0.15, 0.2) is 0 Å². The zero-order valence-corrected chi connectivity index (χ0v) is 16.4. The quantitative estimate of drug-likeness (QED) is 0.719. The Hall–Kier alpha value is -3.27. The number of alkyl halides is 3. The number of β-amino-alcohol motifs (C(OH)–C–C–N with tert-alkyl or cyclic N) is 1. The smallest absolute Gasteiger partial charge is 0.471 e. The van der Waals surface area contributed by atoms with E-state index in [0.717, 1.165) is 25.6 Å². The van der Waals surface area contributed by atoms with Gasteiger partial charge >= 0.3 is 6.30 Å². The van der Waals surface area contributed by atoms with E-state index >= 15 is 0 Å². The Morgan fingerprint density at radius 1 is 1.19 bits per heavy atom. The third kappa shape index (κ3) is 4.58. The number of nitrogens with one attached hydrogen (secondary N) is 1. The number of amides is 1. The second kappa shape index (κ2) is 8.46. The molecule has 2 aliphatic rings. The van der Waals surface area contributed by atoms with Gasteiger partial charge in [-0.25, -0.2) is 9.88 Å². The molecule has 2 aromatic rings. The number of aliphatic hydroxyl groups is 1. The predicted octanol–water partition coefficient (Wildman–Crippen LogP) is 3.37. The van der Waals surface area contributed by atoms with Crippen molar-refractivity contribution in [2.75, 3.05) is 23.3 Å². The van der Waals surface area contributed by atoms with Crippen LogP contribution in [0.5, 0.6) is 0 Å². The topological polar surface area (TPSA) is 77.9 Å². The first-order valence-electron chi connectivity index (χ1n) is 9.80. The average molecular weight is 434 g/mol. The highest BCUT2D eigenvalue weighted by atomic mass is 19.4. The van der Waals surface area contributed by atoms with Crippen molar-refractivity contribution < 1.29 is 27.8 Å². The molecule has 0 radical (unpaired) electrons. The molecular weight excluding hydrogens is 413 g/mol. The molecule has 0 spiro atoms. The summed E-state index contributed by atoms with van der Waals surface area (Å²) >= 11 is 0. The minimum atomic E-state index is -4.82. The highest BCUT2D eigenvalue weighted by Gasteiger charge is 2.49. The Balaban J connectivity index is 1.47. The van der Waals surface area contributed by atoms with E-state index in [1.54, 1.807) is 30.3 Å². The third-order valence-corrected chi connectivity index (χ3v) is 5.12. The summed E-state index contributed by atoms with van der Waals surface area (Å²) in [6.07, 6.45) is -2.96. The molecule has 3 heterocycles. The lowest BCUT2D eigenvalue weighted by Crippen LogP contribution is -2.41. The number of pyridine rings is 1. The van der Waals surface area contributed by atoms with Crippen molar-refractivity contribution in [2.24, 2.45) is 0 Å². The van der Waals surface area contributed by atoms with E-state index < -0.39 is 30.2 Å². The summed E-state index contributed by atoms with van der Waals surface area (Å²) in [5.74, 6) is -0.333. The molecule has 2 atom stereocenters. The number of carbonyl (C=O) groups excluding carboxylic acids is 1. The number of hydrogen-bond donors (Lipinski definition) is 2. The normalized spacial score (nSPS) is 21.5. The molecule has 10 heteroatoms. The van der Waals surface area contributed by atoms with Crippen LogP contribution in [0.2, 0.25) is 0 Å². The van der Waals surface area contributed by atoms with Crippen molar-refractivity contribution >= 4 is 17.4 Å². The Labute approximate surface area is 176 Å². The standard InChI is InChI=1S/C21H21F3N4O3/c22-21(23,24)28-17(13-31-20(28)14-5-2-1-3-6-14)19(30)26-15-8-9-18(25-11-15)27-10-4-7-16(29)12-27/h1-3,5-6,8-9,11,13,16,20,29H,4,7,10,12H2,(H,26,30).